The predicted octanol–water partition coefficient (Wildman–Crippen LogP) is 0.960. The summed E-state index contributed by atoms with van der Waals surface area (Å²) in [7, 11) is 0. The number of hydrogen-bond acceptors (Lipinski definition) is 4. The molecule has 0 spiro atoms. The molecule has 0 aromatic carbocycles. The van der Waals surface area contributed by atoms with Crippen LogP contribution in [0.1, 0.15) is 45.1 Å². The molecule has 1 aromatic heterocycles. The zero-order valence-corrected chi connectivity index (χ0v) is 12.9. The van der Waals surface area contributed by atoms with Gasteiger partial charge in [-0.1, -0.05) is 25.3 Å². The van der Waals surface area contributed by atoms with E-state index in [1.807, 2.05) is 0 Å². The maximum Gasteiger partial charge on any atom is 0.246 e. The summed E-state index contributed by atoms with van der Waals surface area (Å²) in [6, 6.07) is -0.506. The molecule has 7 heteroatoms. The van der Waals surface area contributed by atoms with E-state index in [9.17, 15) is 9.59 Å². The fourth-order valence-corrected chi connectivity index (χ4v) is 2.78. The second kappa shape index (κ2) is 7.20. The first-order valence-electron chi connectivity index (χ1n) is 7.64. The lowest BCUT2D eigenvalue weighted by molar-refractivity contribution is -0.136. The number of nitrogens with one attached hydrogen (secondary N) is 2. The molecular weight excluding hydrogens is 282 g/mol. The standard InChI is InChI=1S/C15H23N5O2/c1-3-9-17-14(22)15(7-5-4-6-8-15)19-13(21)12(2)20-11-16-10-18-20/h3,10-12H,1,4-9H2,2H3,(H,17,22)(H,19,21). The fraction of sp³-hybridized carbons (Fsp3) is 0.600. The molecule has 22 heavy (non-hydrogen) atoms. The number of aromatic nitrogens is 3. The molecule has 1 fully saturated rings. The quantitative estimate of drug-likeness (QED) is 0.766. The number of rotatable bonds is 6. The Balaban J connectivity index is 2.10. The van der Waals surface area contributed by atoms with Crippen molar-refractivity contribution in [3.8, 4) is 0 Å². The Morgan fingerprint density at radius 3 is 2.73 bits per heavy atom. The highest BCUT2D eigenvalue weighted by Gasteiger charge is 2.41. The number of hydrogen-bond donors (Lipinski definition) is 2. The summed E-state index contributed by atoms with van der Waals surface area (Å²) in [6.45, 7) is 5.74. The van der Waals surface area contributed by atoms with Crippen molar-refractivity contribution >= 4 is 11.8 Å². The van der Waals surface area contributed by atoms with E-state index in [4.69, 9.17) is 0 Å². The highest BCUT2D eigenvalue weighted by atomic mass is 16.2. The molecule has 0 bridgehead atoms. The summed E-state index contributed by atoms with van der Waals surface area (Å²) in [6.07, 6.45) is 8.78. The van der Waals surface area contributed by atoms with Crippen molar-refractivity contribution in [2.24, 2.45) is 0 Å². The molecule has 1 unspecified atom stereocenters. The van der Waals surface area contributed by atoms with E-state index >= 15 is 0 Å². The van der Waals surface area contributed by atoms with Crippen molar-refractivity contribution < 1.29 is 9.59 Å². The van der Waals surface area contributed by atoms with Gasteiger partial charge in [-0.15, -0.1) is 6.58 Å². The fourth-order valence-electron chi connectivity index (χ4n) is 2.78. The summed E-state index contributed by atoms with van der Waals surface area (Å²) in [4.78, 5) is 28.9. The molecule has 1 aliphatic rings. The van der Waals surface area contributed by atoms with E-state index in [0.717, 1.165) is 19.3 Å². The largest absolute Gasteiger partial charge is 0.351 e. The van der Waals surface area contributed by atoms with Crippen LogP contribution in [0.4, 0.5) is 0 Å². The van der Waals surface area contributed by atoms with Crippen LogP contribution in [0.2, 0.25) is 0 Å². The van der Waals surface area contributed by atoms with Gasteiger partial charge < -0.3 is 10.6 Å². The SMILES string of the molecule is C=CCNC(=O)C1(NC(=O)C(C)n2cncn2)CCCCC1. The van der Waals surface area contributed by atoms with Crippen molar-refractivity contribution in [3.63, 3.8) is 0 Å². The van der Waals surface area contributed by atoms with E-state index in [1.165, 1.54) is 17.3 Å². The van der Waals surface area contributed by atoms with Gasteiger partial charge in [0.05, 0.1) is 0 Å². The highest BCUT2D eigenvalue weighted by Crippen LogP contribution is 2.29. The minimum atomic E-state index is -0.826. The molecular formula is C15H23N5O2. The maximum atomic E-state index is 12.5. The summed E-state index contributed by atoms with van der Waals surface area (Å²) < 4.78 is 1.48. The van der Waals surface area contributed by atoms with Gasteiger partial charge in [0.1, 0.15) is 24.2 Å². The van der Waals surface area contributed by atoms with E-state index in [-0.39, 0.29) is 11.8 Å². The van der Waals surface area contributed by atoms with Crippen LogP contribution in [0, 0.1) is 0 Å². The van der Waals surface area contributed by atoms with E-state index in [1.54, 1.807) is 13.0 Å². The lowest BCUT2D eigenvalue weighted by Crippen LogP contribution is -2.60. The molecule has 0 saturated heterocycles. The first-order valence-corrected chi connectivity index (χ1v) is 7.64. The molecule has 7 nitrogen and oxygen atoms in total. The van der Waals surface area contributed by atoms with Gasteiger partial charge in [0.2, 0.25) is 11.8 Å². The zero-order valence-electron chi connectivity index (χ0n) is 12.9. The van der Waals surface area contributed by atoms with E-state index in [2.05, 4.69) is 27.3 Å². The van der Waals surface area contributed by atoms with Gasteiger partial charge in [0, 0.05) is 6.54 Å². The Morgan fingerprint density at radius 2 is 2.14 bits per heavy atom. The summed E-state index contributed by atoms with van der Waals surface area (Å²) in [5.41, 5.74) is -0.826. The Kier molecular flexibility index (Phi) is 5.30. The highest BCUT2D eigenvalue weighted by molar-refractivity contribution is 5.92. The van der Waals surface area contributed by atoms with Crippen molar-refractivity contribution in [2.75, 3.05) is 6.54 Å². The average molecular weight is 305 g/mol. The number of amides is 2. The second-order valence-corrected chi connectivity index (χ2v) is 5.68. The van der Waals surface area contributed by atoms with Gasteiger partial charge in [-0.3, -0.25) is 9.59 Å². The molecule has 1 aliphatic carbocycles. The van der Waals surface area contributed by atoms with Gasteiger partial charge in [0.15, 0.2) is 0 Å². The molecule has 2 amide bonds. The molecule has 0 aliphatic heterocycles. The molecule has 2 N–H and O–H groups in total. The van der Waals surface area contributed by atoms with Crippen LogP contribution in [0.5, 0.6) is 0 Å². The van der Waals surface area contributed by atoms with Crippen LogP contribution in [-0.4, -0.2) is 38.7 Å². The van der Waals surface area contributed by atoms with Crippen molar-refractivity contribution in [1.82, 2.24) is 25.4 Å². The Bertz CT molecular complexity index is 520. The third kappa shape index (κ3) is 3.52. The molecule has 2 rings (SSSR count). The molecule has 1 atom stereocenters. The van der Waals surface area contributed by atoms with Crippen LogP contribution in [-0.2, 0) is 9.59 Å². The minimum Gasteiger partial charge on any atom is -0.351 e. The number of nitrogens with zero attached hydrogens (tertiary/aromatic N) is 3. The van der Waals surface area contributed by atoms with Crippen molar-refractivity contribution in [1.29, 1.82) is 0 Å². The molecule has 0 radical (unpaired) electrons. The first kappa shape index (κ1) is 16.2. The average Bonchev–Trinajstić information content (AvgIpc) is 3.07. The van der Waals surface area contributed by atoms with Crippen LogP contribution in [0.25, 0.3) is 0 Å². The minimum absolute atomic E-state index is 0.133. The maximum absolute atomic E-state index is 12.5. The number of carbonyl (C=O) groups excluding carboxylic acids is 2. The normalized spacial score (nSPS) is 18.2. The number of carbonyl (C=O) groups is 2. The van der Waals surface area contributed by atoms with Gasteiger partial charge >= 0.3 is 0 Å². The Morgan fingerprint density at radius 1 is 1.41 bits per heavy atom. The Labute approximate surface area is 130 Å². The molecule has 120 valence electrons. The van der Waals surface area contributed by atoms with Gasteiger partial charge in [-0.2, -0.15) is 5.10 Å². The second-order valence-electron chi connectivity index (χ2n) is 5.68. The first-order chi connectivity index (χ1) is 10.6. The Hall–Kier alpha value is -2.18. The molecule has 1 aromatic rings. The van der Waals surface area contributed by atoms with Gasteiger partial charge in [-0.25, -0.2) is 9.67 Å². The monoisotopic (exact) mass is 305 g/mol. The smallest absolute Gasteiger partial charge is 0.246 e. The van der Waals surface area contributed by atoms with Gasteiger partial charge in [0.25, 0.3) is 0 Å². The third-order valence-corrected chi connectivity index (χ3v) is 4.12. The lowest BCUT2D eigenvalue weighted by atomic mass is 9.80. The van der Waals surface area contributed by atoms with E-state index in [0.29, 0.717) is 19.4 Å². The topological polar surface area (TPSA) is 88.9 Å². The van der Waals surface area contributed by atoms with Gasteiger partial charge in [-0.05, 0) is 19.8 Å². The van der Waals surface area contributed by atoms with E-state index < -0.39 is 11.6 Å². The van der Waals surface area contributed by atoms with Crippen molar-refractivity contribution in [2.45, 2.75) is 50.6 Å². The van der Waals surface area contributed by atoms with Crippen LogP contribution < -0.4 is 10.6 Å². The summed E-state index contributed by atoms with van der Waals surface area (Å²) in [5, 5.41) is 9.75. The summed E-state index contributed by atoms with van der Waals surface area (Å²) >= 11 is 0. The third-order valence-electron chi connectivity index (χ3n) is 4.12. The zero-order chi connectivity index (χ0) is 16.0. The van der Waals surface area contributed by atoms with Crippen LogP contribution >= 0.6 is 0 Å². The molecule has 1 saturated carbocycles. The molecule has 1 heterocycles. The van der Waals surface area contributed by atoms with Crippen LogP contribution in [0.15, 0.2) is 25.3 Å². The van der Waals surface area contributed by atoms with Crippen molar-refractivity contribution in [3.05, 3.63) is 25.3 Å². The summed E-state index contributed by atoms with van der Waals surface area (Å²) in [5.74, 6) is -0.354. The van der Waals surface area contributed by atoms with Crippen LogP contribution in [0.3, 0.4) is 0 Å². The lowest BCUT2D eigenvalue weighted by Gasteiger charge is -2.37. The predicted molar refractivity (Wildman–Crippen MR) is 81.9 cm³/mol.